The van der Waals surface area contributed by atoms with Gasteiger partial charge in [-0.05, 0) is 39.2 Å². The van der Waals surface area contributed by atoms with E-state index in [0.29, 0.717) is 13.0 Å². The van der Waals surface area contributed by atoms with Crippen LogP contribution in [0.3, 0.4) is 0 Å². The van der Waals surface area contributed by atoms with Crippen molar-refractivity contribution in [2.45, 2.75) is 51.3 Å². The highest BCUT2D eigenvalue weighted by molar-refractivity contribution is 7.87. The van der Waals surface area contributed by atoms with Crippen LogP contribution in [0.2, 0.25) is 0 Å². The maximum absolute atomic E-state index is 12.8. The summed E-state index contributed by atoms with van der Waals surface area (Å²) in [5.41, 5.74) is -1.79. The Morgan fingerprint density at radius 3 is 2.45 bits per heavy atom. The topological polar surface area (TPSA) is 116 Å². The van der Waals surface area contributed by atoms with Gasteiger partial charge in [0.15, 0.2) is 0 Å². The van der Waals surface area contributed by atoms with E-state index in [9.17, 15) is 23.1 Å². The average Bonchev–Trinajstić information content (AvgIpc) is 2.60. The highest BCUT2D eigenvalue weighted by Crippen LogP contribution is 2.25. The number of nitrogens with zero attached hydrogens (tertiary/aromatic N) is 2. The minimum absolute atomic E-state index is 0.0695. The lowest BCUT2D eigenvalue weighted by Gasteiger charge is -2.40. The lowest BCUT2D eigenvalue weighted by atomic mass is 9.90. The Kier molecular flexibility index (Phi) is 6.92. The van der Waals surface area contributed by atoms with Crippen LogP contribution < -0.4 is 4.72 Å². The maximum atomic E-state index is 12.8. The van der Waals surface area contributed by atoms with Crippen LogP contribution in [0.4, 0.5) is 4.79 Å². The Bertz CT molecular complexity index is 837. The van der Waals surface area contributed by atoms with Gasteiger partial charge in [-0.25, -0.2) is 4.79 Å². The molecule has 0 aliphatic carbocycles. The van der Waals surface area contributed by atoms with Gasteiger partial charge in [-0.15, -0.1) is 0 Å². The number of carboxylic acid groups (broad SMARTS) is 1. The molecule has 0 saturated carbocycles. The second kappa shape index (κ2) is 8.68. The van der Waals surface area contributed by atoms with Gasteiger partial charge in [-0.3, -0.25) is 4.79 Å². The Labute approximate surface area is 171 Å². The molecule has 1 aliphatic heterocycles. The van der Waals surface area contributed by atoms with Crippen LogP contribution in [-0.2, 0) is 26.3 Å². The lowest BCUT2D eigenvalue weighted by Crippen LogP contribution is -2.65. The number of benzene rings is 1. The SMILES string of the molecule is CN(Cc1ccccc1)S(=O)(=O)NC1(C(=O)O)CCCN(C(=O)OC(C)(C)C)C1. The van der Waals surface area contributed by atoms with Crippen molar-refractivity contribution in [3.8, 4) is 0 Å². The first-order valence-electron chi connectivity index (χ1n) is 9.35. The van der Waals surface area contributed by atoms with E-state index in [-0.39, 0.29) is 19.5 Å². The summed E-state index contributed by atoms with van der Waals surface area (Å²) in [5, 5.41) is 9.83. The molecule has 1 atom stereocenters. The van der Waals surface area contributed by atoms with Crippen LogP contribution in [0.5, 0.6) is 0 Å². The second-order valence-electron chi connectivity index (χ2n) is 8.24. The summed E-state index contributed by atoms with van der Waals surface area (Å²) >= 11 is 0. The molecule has 1 fully saturated rings. The third kappa shape index (κ3) is 6.15. The lowest BCUT2D eigenvalue weighted by molar-refractivity contribution is -0.146. The normalized spacial score (nSPS) is 20.5. The molecule has 1 saturated heterocycles. The highest BCUT2D eigenvalue weighted by atomic mass is 32.2. The van der Waals surface area contributed by atoms with Crippen LogP contribution >= 0.6 is 0 Å². The predicted molar refractivity (Wildman–Crippen MR) is 107 cm³/mol. The van der Waals surface area contributed by atoms with Crippen LogP contribution in [0.15, 0.2) is 30.3 Å². The van der Waals surface area contributed by atoms with Gasteiger partial charge in [0.25, 0.3) is 10.2 Å². The van der Waals surface area contributed by atoms with Crippen LogP contribution in [0.1, 0.15) is 39.2 Å². The molecule has 2 rings (SSSR count). The van der Waals surface area contributed by atoms with Gasteiger partial charge in [0, 0.05) is 20.1 Å². The molecule has 9 nitrogen and oxygen atoms in total. The Hall–Kier alpha value is -2.17. The van der Waals surface area contributed by atoms with Crippen molar-refractivity contribution in [1.29, 1.82) is 0 Å². The van der Waals surface area contributed by atoms with Crippen molar-refractivity contribution in [3.05, 3.63) is 35.9 Å². The third-order valence-corrected chi connectivity index (χ3v) is 6.13. The third-order valence-electron chi connectivity index (χ3n) is 4.54. The number of amides is 1. The number of piperidine rings is 1. The van der Waals surface area contributed by atoms with Gasteiger partial charge < -0.3 is 14.7 Å². The molecule has 1 aromatic carbocycles. The number of nitrogens with one attached hydrogen (secondary N) is 1. The van der Waals surface area contributed by atoms with Gasteiger partial charge in [-0.2, -0.15) is 17.4 Å². The Balaban J connectivity index is 2.18. The van der Waals surface area contributed by atoms with E-state index in [1.165, 1.54) is 11.9 Å². The van der Waals surface area contributed by atoms with Gasteiger partial charge in [0.05, 0.1) is 6.54 Å². The van der Waals surface area contributed by atoms with E-state index in [2.05, 4.69) is 4.72 Å². The van der Waals surface area contributed by atoms with Gasteiger partial charge in [0.1, 0.15) is 11.1 Å². The number of hydrogen-bond acceptors (Lipinski definition) is 5. The van der Waals surface area contributed by atoms with Gasteiger partial charge in [0.2, 0.25) is 0 Å². The van der Waals surface area contributed by atoms with E-state index in [1.54, 1.807) is 45.0 Å². The summed E-state index contributed by atoms with van der Waals surface area (Å²) in [5.74, 6) is -1.33. The monoisotopic (exact) mass is 427 g/mol. The number of aliphatic carboxylic acids is 1. The fourth-order valence-corrected chi connectivity index (χ4v) is 4.31. The molecule has 2 N–H and O–H groups in total. The van der Waals surface area contributed by atoms with E-state index >= 15 is 0 Å². The van der Waals surface area contributed by atoms with Crippen molar-refractivity contribution in [2.24, 2.45) is 0 Å². The Morgan fingerprint density at radius 2 is 1.90 bits per heavy atom. The van der Waals surface area contributed by atoms with Crippen molar-refractivity contribution in [2.75, 3.05) is 20.1 Å². The summed E-state index contributed by atoms with van der Waals surface area (Å²) in [6.07, 6.45) is -0.268. The number of carboxylic acids is 1. The molecular weight excluding hydrogens is 398 g/mol. The first-order valence-corrected chi connectivity index (χ1v) is 10.8. The molecule has 1 amide bonds. The summed E-state index contributed by atoms with van der Waals surface area (Å²) in [6.45, 7) is 5.20. The molecule has 0 bridgehead atoms. The fraction of sp³-hybridized carbons (Fsp3) is 0.579. The zero-order chi connectivity index (χ0) is 21.9. The minimum atomic E-state index is -4.12. The van der Waals surface area contributed by atoms with E-state index < -0.39 is 33.4 Å². The van der Waals surface area contributed by atoms with E-state index in [1.807, 2.05) is 6.07 Å². The predicted octanol–water partition coefficient (Wildman–Crippen LogP) is 1.81. The summed E-state index contributed by atoms with van der Waals surface area (Å²) in [6, 6.07) is 8.97. The zero-order valence-corrected chi connectivity index (χ0v) is 18.0. The van der Waals surface area contributed by atoms with Crippen LogP contribution in [0, 0.1) is 0 Å². The number of ether oxygens (including phenoxy) is 1. The first-order chi connectivity index (χ1) is 13.3. The van der Waals surface area contributed by atoms with Gasteiger partial charge in [-0.1, -0.05) is 30.3 Å². The second-order valence-corrected chi connectivity index (χ2v) is 10.0. The fourth-order valence-electron chi connectivity index (χ4n) is 3.09. The molecule has 0 spiro atoms. The molecule has 29 heavy (non-hydrogen) atoms. The first kappa shape index (κ1) is 23.1. The number of likely N-dealkylation sites (tertiary alicyclic amines) is 1. The molecule has 10 heteroatoms. The molecule has 1 unspecified atom stereocenters. The smallest absolute Gasteiger partial charge is 0.410 e. The van der Waals surface area contributed by atoms with Gasteiger partial charge >= 0.3 is 12.1 Å². The number of carbonyl (C=O) groups is 2. The quantitative estimate of drug-likeness (QED) is 0.715. The summed E-state index contributed by atoms with van der Waals surface area (Å²) < 4.78 is 34.4. The van der Waals surface area contributed by atoms with Crippen molar-refractivity contribution in [3.63, 3.8) is 0 Å². The molecule has 1 heterocycles. The largest absolute Gasteiger partial charge is 0.480 e. The molecule has 1 aliphatic rings. The molecule has 0 radical (unpaired) electrons. The standard InChI is InChI=1S/C19H29N3O6S/c1-18(2,3)28-17(25)22-12-8-11-19(14-22,16(23)24)20-29(26,27)21(4)13-15-9-6-5-7-10-15/h5-7,9-10,20H,8,11-14H2,1-4H3,(H,23,24). The Morgan fingerprint density at radius 1 is 1.28 bits per heavy atom. The van der Waals surface area contributed by atoms with E-state index in [0.717, 1.165) is 9.87 Å². The number of carbonyl (C=O) groups excluding carboxylic acids is 1. The van der Waals surface area contributed by atoms with Crippen molar-refractivity contribution in [1.82, 2.24) is 13.9 Å². The number of hydrogen-bond donors (Lipinski definition) is 2. The van der Waals surface area contributed by atoms with Crippen LogP contribution in [0.25, 0.3) is 0 Å². The summed E-state index contributed by atoms with van der Waals surface area (Å²) in [7, 11) is -2.75. The zero-order valence-electron chi connectivity index (χ0n) is 17.2. The van der Waals surface area contributed by atoms with Crippen LogP contribution in [-0.4, -0.2) is 66.1 Å². The van der Waals surface area contributed by atoms with Crippen molar-refractivity contribution >= 4 is 22.3 Å². The average molecular weight is 428 g/mol. The van der Waals surface area contributed by atoms with Crippen molar-refractivity contribution < 1.29 is 27.9 Å². The molecular formula is C19H29N3O6S. The van der Waals surface area contributed by atoms with E-state index in [4.69, 9.17) is 4.74 Å². The number of rotatable bonds is 6. The summed E-state index contributed by atoms with van der Waals surface area (Å²) in [4.78, 5) is 25.7. The molecule has 1 aromatic rings. The maximum Gasteiger partial charge on any atom is 0.410 e. The molecule has 0 aromatic heterocycles. The highest BCUT2D eigenvalue weighted by Gasteiger charge is 2.48. The minimum Gasteiger partial charge on any atom is -0.480 e. The molecule has 162 valence electrons.